The maximum absolute atomic E-state index is 14.4. The van der Waals surface area contributed by atoms with E-state index in [4.69, 9.17) is 5.73 Å². The van der Waals surface area contributed by atoms with Crippen LogP contribution in [-0.2, 0) is 62.4 Å². The zero-order valence-corrected chi connectivity index (χ0v) is 44.0. The average molecular weight is 1100 g/mol. The molecular weight excluding hydrogens is 1030 g/mol. The van der Waals surface area contributed by atoms with Crippen molar-refractivity contribution < 1.29 is 58.5 Å². The Morgan fingerprint density at radius 1 is 0.541 bits per heavy atom. The molecule has 4 aromatic rings. The van der Waals surface area contributed by atoms with Crippen LogP contribution in [-0.4, -0.2) is 157 Å². The lowest BCUT2D eigenvalue weighted by Crippen LogP contribution is -2.61. The normalized spacial score (nSPS) is 14.3. The maximum atomic E-state index is 14.4. The number of hydrogen-bond acceptors (Lipinski definition) is 15. The van der Waals surface area contributed by atoms with Crippen molar-refractivity contribution in [1.82, 2.24) is 42.2 Å². The van der Waals surface area contributed by atoms with E-state index in [1.807, 2.05) is 18.2 Å². The molecular formula is C49H63N9O12S4. The van der Waals surface area contributed by atoms with Gasteiger partial charge in [0.05, 0.1) is 12.5 Å². The molecule has 400 valence electrons. The van der Waals surface area contributed by atoms with Gasteiger partial charge in [0.1, 0.15) is 48.0 Å². The van der Waals surface area contributed by atoms with Crippen molar-refractivity contribution in [2.75, 3.05) is 35.5 Å². The molecule has 21 nitrogen and oxygen atoms in total. The van der Waals surface area contributed by atoms with Gasteiger partial charge in [-0.05, 0) is 71.7 Å². The van der Waals surface area contributed by atoms with E-state index in [2.05, 4.69) is 67.5 Å². The third kappa shape index (κ3) is 19.1. The molecule has 0 aliphatic carbocycles. The second kappa shape index (κ2) is 30.7. The van der Waals surface area contributed by atoms with E-state index in [1.54, 1.807) is 55.1 Å². The standard InChI is InChI=1S/C49H63N9O12S4/c1-73-18-16-34(52-45(65)36(20-28-12-14-30(59)15-13-28)54-42(62)32(50)23-41(60)61)43(63)57-39(25-71)47(67)55-37(22-29-24-51-33-11-7-6-10-31(29)33)46(66)53-35(17-19-74-2)44(64)58-40(26-72)48(68)56-38(49(69)70)21-27-8-4-3-5-9-27/h3-15,24,32,34-40,51,59,71-72H,16-23,25-26,50H2,1-2H3,(H,52,65)(H,53,66)(H,54,62)(H,55,67)(H,56,68)(H,57,63)(H,58,64)(H,60,61)(H,69,70)/t32-,34-,35-,36-,37-,38-,39-,40-/m0/s1. The Morgan fingerprint density at radius 2 is 0.959 bits per heavy atom. The molecule has 0 spiro atoms. The number of phenols is 1. The van der Waals surface area contributed by atoms with E-state index in [1.165, 1.54) is 47.8 Å². The third-order valence-electron chi connectivity index (χ3n) is 11.5. The number of para-hydroxylation sites is 1. The molecule has 8 atom stereocenters. The Kier molecular flexibility index (Phi) is 25.0. The van der Waals surface area contributed by atoms with E-state index in [0.717, 1.165) is 10.9 Å². The van der Waals surface area contributed by atoms with Crippen LogP contribution < -0.4 is 43.0 Å². The topological polar surface area (TPSA) is 340 Å². The molecule has 7 amide bonds. The number of nitrogens with two attached hydrogens (primary N) is 1. The zero-order chi connectivity index (χ0) is 54.3. The fraction of sp³-hybridized carbons (Fsp3) is 0.408. The van der Waals surface area contributed by atoms with E-state index < -0.39 is 108 Å². The number of H-pyrrole nitrogens is 1. The number of thioether (sulfide) groups is 2. The fourth-order valence-electron chi connectivity index (χ4n) is 7.45. The molecule has 1 heterocycles. The lowest BCUT2D eigenvalue weighted by molar-refractivity contribution is -0.142. The molecule has 0 saturated heterocycles. The molecule has 4 rings (SSSR count). The van der Waals surface area contributed by atoms with Gasteiger partial charge in [0.25, 0.3) is 0 Å². The molecule has 0 saturated carbocycles. The minimum absolute atomic E-state index is 0.0307. The summed E-state index contributed by atoms with van der Waals surface area (Å²) in [6.07, 6.45) is 4.33. The maximum Gasteiger partial charge on any atom is 0.326 e. The number of fused-ring (bicyclic) bond motifs is 1. The van der Waals surface area contributed by atoms with Crippen molar-refractivity contribution in [2.24, 2.45) is 5.73 Å². The van der Waals surface area contributed by atoms with Gasteiger partial charge in [-0.15, -0.1) is 0 Å². The largest absolute Gasteiger partial charge is 0.508 e. The summed E-state index contributed by atoms with van der Waals surface area (Å²) in [4.78, 5) is 124. The number of aromatic hydroxyl groups is 1. The first-order chi connectivity index (χ1) is 35.4. The number of phenolic OH excluding ortho intramolecular Hbond substituents is 1. The lowest BCUT2D eigenvalue weighted by Gasteiger charge is -2.27. The zero-order valence-electron chi connectivity index (χ0n) is 40.6. The summed E-state index contributed by atoms with van der Waals surface area (Å²) in [5.74, 6) is -8.34. The number of carbonyl (C=O) groups excluding carboxylic acids is 7. The quantitative estimate of drug-likeness (QED) is 0.0306. The van der Waals surface area contributed by atoms with Crippen molar-refractivity contribution in [3.05, 3.63) is 102 Å². The number of aromatic amines is 1. The number of carboxylic acids is 2. The minimum Gasteiger partial charge on any atom is -0.508 e. The molecule has 0 fully saturated rings. The number of aliphatic carboxylic acids is 2. The van der Waals surface area contributed by atoms with Crippen molar-refractivity contribution in [3.63, 3.8) is 0 Å². The number of aromatic nitrogens is 1. The van der Waals surface area contributed by atoms with Crippen LogP contribution in [0.3, 0.4) is 0 Å². The molecule has 0 radical (unpaired) electrons. The molecule has 25 heteroatoms. The third-order valence-corrected chi connectivity index (χ3v) is 13.5. The Bertz CT molecular complexity index is 2560. The van der Waals surface area contributed by atoms with E-state index in [0.29, 0.717) is 28.2 Å². The van der Waals surface area contributed by atoms with Crippen molar-refractivity contribution in [2.45, 2.75) is 86.9 Å². The number of thiol groups is 2. The summed E-state index contributed by atoms with van der Waals surface area (Å²) in [5.41, 5.74) is 8.29. The Morgan fingerprint density at radius 3 is 1.47 bits per heavy atom. The number of hydrogen-bond donors (Lipinski definition) is 14. The van der Waals surface area contributed by atoms with Gasteiger partial charge in [-0.3, -0.25) is 38.4 Å². The predicted molar refractivity (Wildman–Crippen MR) is 289 cm³/mol. The van der Waals surface area contributed by atoms with Crippen molar-refractivity contribution in [1.29, 1.82) is 0 Å². The van der Waals surface area contributed by atoms with Gasteiger partial charge in [-0.2, -0.15) is 48.8 Å². The molecule has 0 bridgehead atoms. The first-order valence-electron chi connectivity index (χ1n) is 23.3. The number of rotatable bonds is 31. The van der Waals surface area contributed by atoms with Gasteiger partial charge < -0.3 is 63.3 Å². The second-order valence-electron chi connectivity index (χ2n) is 17.0. The Labute approximate surface area is 447 Å². The van der Waals surface area contributed by atoms with Gasteiger partial charge >= 0.3 is 11.9 Å². The van der Waals surface area contributed by atoms with Crippen molar-refractivity contribution >= 4 is 113 Å². The number of benzene rings is 3. The van der Waals surface area contributed by atoms with Crippen LogP contribution >= 0.6 is 48.8 Å². The summed E-state index contributed by atoms with van der Waals surface area (Å²) in [6.45, 7) is 0. The van der Waals surface area contributed by atoms with Gasteiger partial charge in [0.15, 0.2) is 0 Å². The molecule has 3 aromatic carbocycles. The monoisotopic (exact) mass is 1100 g/mol. The summed E-state index contributed by atoms with van der Waals surface area (Å²) in [6, 6.07) is 10.8. The lowest BCUT2D eigenvalue weighted by atomic mass is 10.0. The molecule has 0 aliphatic heterocycles. The summed E-state index contributed by atoms with van der Waals surface area (Å²) >= 11 is 11.3. The summed E-state index contributed by atoms with van der Waals surface area (Å²) in [5, 5.41) is 47.8. The van der Waals surface area contributed by atoms with Gasteiger partial charge in [-0.25, -0.2) is 4.79 Å². The van der Waals surface area contributed by atoms with E-state index in [9.17, 15) is 58.5 Å². The summed E-state index contributed by atoms with van der Waals surface area (Å²) in [7, 11) is 0. The van der Waals surface area contributed by atoms with Gasteiger partial charge in [0.2, 0.25) is 41.4 Å². The van der Waals surface area contributed by atoms with Crippen LogP contribution in [0.4, 0.5) is 0 Å². The molecule has 0 unspecified atom stereocenters. The summed E-state index contributed by atoms with van der Waals surface area (Å²) < 4.78 is 0. The Balaban J connectivity index is 1.56. The minimum atomic E-state index is -1.51. The highest BCUT2D eigenvalue weighted by atomic mass is 32.2. The average Bonchev–Trinajstić information content (AvgIpc) is 3.79. The number of carboxylic acid groups (broad SMARTS) is 2. The number of amides is 7. The first-order valence-corrected chi connectivity index (χ1v) is 27.3. The number of carbonyl (C=O) groups is 9. The molecule has 0 aliphatic rings. The van der Waals surface area contributed by atoms with Crippen LogP contribution in [0.25, 0.3) is 10.9 Å². The highest BCUT2D eigenvalue weighted by molar-refractivity contribution is 7.98. The number of nitrogens with one attached hydrogen (secondary N) is 8. The van der Waals surface area contributed by atoms with Crippen LogP contribution in [0, 0.1) is 0 Å². The molecule has 13 N–H and O–H groups in total. The Hall–Kier alpha value is -6.41. The highest BCUT2D eigenvalue weighted by Gasteiger charge is 2.35. The van der Waals surface area contributed by atoms with Crippen LogP contribution in [0.2, 0.25) is 0 Å². The van der Waals surface area contributed by atoms with E-state index in [-0.39, 0.29) is 49.4 Å². The first kappa shape index (κ1) is 60.1. The van der Waals surface area contributed by atoms with Gasteiger partial charge in [-0.1, -0.05) is 60.7 Å². The van der Waals surface area contributed by atoms with Crippen LogP contribution in [0.15, 0.2) is 85.1 Å². The molecule has 1 aromatic heterocycles. The van der Waals surface area contributed by atoms with Crippen LogP contribution in [0.5, 0.6) is 5.75 Å². The van der Waals surface area contributed by atoms with Crippen molar-refractivity contribution in [3.8, 4) is 5.75 Å². The van der Waals surface area contributed by atoms with Gasteiger partial charge in [0, 0.05) is 47.9 Å². The smallest absolute Gasteiger partial charge is 0.326 e. The predicted octanol–water partition coefficient (Wildman–Crippen LogP) is 0.547. The SMILES string of the molecule is CSCC[C@H](NC(=O)[C@H](Cc1c[nH]c2ccccc12)NC(=O)[C@H](CS)NC(=O)[C@H](CCSC)NC(=O)[C@H](Cc1ccc(O)cc1)NC(=O)[C@@H](N)CC(=O)O)C(=O)N[C@@H](CS)C(=O)N[C@@H](Cc1ccccc1)C(=O)O. The highest BCUT2D eigenvalue weighted by Crippen LogP contribution is 2.20. The fourth-order valence-corrected chi connectivity index (χ4v) is 8.90. The second-order valence-corrected chi connectivity index (χ2v) is 19.7. The van der Waals surface area contributed by atoms with Crippen LogP contribution in [0.1, 0.15) is 36.0 Å². The van der Waals surface area contributed by atoms with E-state index >= 15 is 0 Å². The molecule has 74 heavy (non-hydrogen) atoms.